The zero-order valence-electron chi connectivity index (χ0n) is 21.1. The third kappa shape index (κ3) is 4.39. The number of carbonyl (C=O) groups is 2. The second kappa shape index (κ2) is 10.3. The van der Waals surface area contributed by atoms with Crippen LogP contribution in [0.25, 0.3) is 11.0 Å². The largest absolute Gasteiger partial charge is 0.493 e. The average Bonchev–Trinajstić information content (AvgIpc) is 3.31. The average molecular weight is 500 g/mol. The predicted octanol–water partition coefficient (Wildman–Crippen LogP) is 4.41. The van der Waals surface area contributed by atoms with Gasteiger partial charge in [0.1, 0.15) is 0 Å². The molecule has 2 heterocycles. The van der Waals surface area contributed by atoms with E-state index in [2.05, 4.69) is 0 Å². The third-order valence-corrected chi connectivity index (χ3v) is 6.70. The van der Waals surface area contributed by atoms with E-state index >= 15 is 0 Å². The summed E-state index contributed by atoms with van der Waals surface area (Å²) in [5, 5.41) is 0. The number of hydrogen-bond donors (Lipinski definition) is 0. The smallest absolute Gasteiger partial charge is 0.321 e. The maximum Gasteiger partial charge on any atom is 0.321 e. The number of para-hydroxylation sites is 2. The second-order valence-corrected chi connectivity index (χ2v) is 8.78. The Hall–Kier alpha value is -4.33. The van der Waals surface area contributed by atoms with E-state index in [-0.39, 0.29) is 12.5 Å². The normalized spacial score (nSPS) is 16.9. The number of aromatic nitrogens is 2. The lowest BCUT2D eigenvalue weighted by molar-refractivity contribution is -0.153. The van der Waals surface area contributed by atoms with Crippen molar-refractivity contribution in [3.05, 3.63) is 83.9 Å². The molecule has 0 saturated heterocycles. The van der Waals surface area contributed by atoms with Gasteiger partial charge in [-0.2, -0.15) is 0 Å². The summed E-state index contributed by atoms with van der Waals surface area (Å²) in [4.78, 5) is 33.9. The molecule has 0 unspecified atom stereocenters. The summed E-state index contributed by atoms with van der Waals surface area (Å²) in [5.41, 5.74) is 3.37. The van der Waals surface area contributed by atoms with Gasteiger partial charge >= 0.3 is 5.97 Å². The minimum Gasteiger partial charge on any atom is -0.493 e. The van der Waals surface area contributed by atoms with Crippen LogP contribution in [0.5, 0.6) is 11.5 Å². The molecule has 2 atom stereocenters. The number of hydrogen-bond acceptors (Lipinski definition) is 6. The molecule has 0 radical (unpaired) electrons. The quantitative estimate of drug-likeness (QED) is 0.264. The standard InChI is InChI=1S/C29H29N3O5/c1-4-37-28(34)25-26(20-14-15-23(35-2)24(18-20)36-3)32-22-13-9-8-12-21(22)30-29(32)31(27(25)33)17-16-19-10-6-5-7-11-19/h5-15,18,25-26H,4,16-17H2,1-3H3/t25-,26+/m0/s1. The number of esters is 1. The molecule has 190 valence electrons. The Bertz CT molecular complexity index is 1430. The van der Waals surface area contributed by atoms with E-state index in [9.17, 15) is 9.59 Å². The van der Waals surface area contributed by atoms with Crippen LogP contribution < -0.4 is 14.4 Å². The molecule has 5 rings (SSSR count). The lowest BCUT2D eigenvalue weighted by atomic mass is 9.89. The van der Waals surface area contributed by atoms with Crippen LogP contribution in [0.1, 0.15) is 24.1 Å². The molecule has 8 heteroatoms. The summed E-state index contributed by atoms with van der Waals surface area (Å²) in [7, 11) is 3.12. The highest BCUT2D eigenvalue weighted by molar-refractivity contribution is 6.08. The number of rotatable bonds is 8. The molecule has 1 aromatic heterocycles. The molecule has 8 nitrogen and oxygen atoms in total. The van der Waals surface area contributed by atoms with E-state index in [1.807, 2.05) is 65.2 Å². The molecule has 1 aliphatic heterocycles. The molecule has 0 spiro atoms. The maximum absolute atomic E-state index is 14.1. The fourth-order valence-corrected chi connectivity index (χ4v) is 4.98. The molecule has 0 bridgehead atoms. The number of imidazole rings is 1. The van der Waals surface area contributed by atoms with Crippen molar-refractivity contribution in [3.63, 3.8) is 0 Å². The van der Waals surface area contributed by atoms with E-state index in [4.69, 9.17) is 19.2 Å². The van der Waals surface area contributed by atoms with Gasteiger partial charge in [-0.05, 0) is 48.7 Å². The Morgan fingerprint density at radius 3 is 2.41 bits per heavy atom. The second-order valence-electron chi connectivity index (χ2n) is 8.78. The highest BCUT2D eigenvalue weighted by atomic mass is 16.5. The molecule has 0 saturated carbocycles. The van der Waals surface area contributed by atoms with E-state index in [0.717, 1.165) is 22.2 Å². The molecular formula is C29H29N3O5. The van der Waals surface area contributed by atoms with Gasteiger partial charge < -0.3 is 18.8 Å². The van der Waals surface area contributed by atoms with Gasteiger partial charge in [-0.1, -0.05) is 48.5 Å². The minimum absolute atomic E-state index is 0.169. The Kier molecular flexibility index (Phi) is 6.81. The number of nitrogens with zero attached hydrogens (tertiary/aromatic N) is 3. The van der Waals surface area contributed by atoms with Gasteiger partial charge in [0.2, 0.25) is 11.9 Å². The van der Waals surface area contributed by atoms with Gasteiger partial charge in [0.15, 0.2) is 17.4 Å². The summed E-state index contributed by atoms with van der Waals surface area (Å²) in [6.45, 7) is 2.28. The highest BCUT2D eigenvalue weighted by Crippen LogP contribution is 2.43. The topological polar surface area (TPSA) is 82.9 Å². The summed E-state index contributed by atoms with van der Waals surface area (Å²) >= 11 is 0. The molecule has 37 heavy (non-hydrogen) atoms. The first-order valence-electron chi connectivity index (χ1n) is 12.3. The number of methoxy groups -OCH3 is 2. The van der Waals surface area contributed by atoms with Crippen LogP contribution in [0.3, 0.4) is 0 Å². The lowest BCUT2D eigenvalue weighted by Crippen LogP contribution is -2.50. The molecule has 1 aliphatic rings. The van der Waals surface area contributed by atoms with E-state index in [0.29, 0.717) is 30.4 Å². The van der Waals surface area contributed by atoms with E-state index in [1.165, 1.54) is 0 Å². The molecule has 0 aliphatic carbocycles. The van der Waals surface area contributed by atoms with Crippen LogP contribution >= 0.6 is 0 Å². The molecule has 0 N–H and O–H groups in total. The fourth-order valence-electron chi connectivity index (χ4n) is 4.98. The summed E-state index contributed by atoms with van der Waals surface area (Å²) in [5.74, 6) is -0.437. The van der Waals surface area contributed by atoms with Gasteiger partial charge in [-0.15, -0.1) is 0 Å². The molecule has 1 amide bonds. The van der Waals surface area contributed by atoms with Crippen LogP contribution in [-0.4, -0.2) is 48.8 Å². The van der Waals surface area contributed by atoms with E-state index in [1.54, 1.807) is 38.2 Å². The summed E-state index contributed by atoms with van der Waals surface area (Å²) in [6, 6.07) is 22.4. The highest BCUT2D eigenvalue weighted by Gasteiger charge is 2.48. The number of anilines is 1. The van der Waals surface area contributed by atoms with Crippen molar-refractivity contribution in [2.24, 2.45) is 5.92 Å². The van der Waals surface area contributed by atoms with Crippen molar-refractivity contribution >= 4 is 28.9 Å². The zero-order valence-corrected chi connectivity index (χ0v) is 21.1. The van der Waals surface area contributed by atoms with Crippen LogP contribution in [-0.2, 0) is 20.7 Å². The maximum atomic E-state index is 14.1. The Morgan fingerprint density at radius 2 is 1.68 bits per heavy atom. The molecule has 3 aromatic carbocycles. The van der Waals surface area contributed by atoms with Crippen LogP contribution in [0.4, 0.5) is 5.95 Å². The molecular weight excluding hydrogens is 470 g/mol. The van der Waals surface area contributed by atoms with Gasteiger partial charge in [-0.3, -0.25) is 14.5 Å². The van der Waals surface area contributed by atoms with Gasteiger partial charge in [0, 0.05) is 6.54 Å². The minimum atomic E-state index is -1.10. The van der Waals surface area contributed by atoms with E-state index < -0.39 is 17.9 Å². The monoisotopic (exact) mass is 499 g/mol. The van der Waals surface area contributed by atoms with Crippen LogP contribution in [0.15, 0.2) is 72.8 Å². The number of amides is 1. The van der Waals surface area contributed by atoms with Crippen LogP contribution in [0, 0.1) is 5.92 Å². The Balaban J connectivity index is 1.69. The van der Waals surface area contributed by atoms with Crippen molar-refractivity contribution in [1.29, 1.82) is 0 Å². The van der Waals surface area contributed by atoms with Gasteiger partial charge in [0.05, 0.1) is 37.9 Å². The Labute approximate surface area is 215 Å². The van der Waals surface area contributed by atoms with Gasteiger partial charge in [0.25, 0.3) is 0 Å². The molecule has 0 fully saturated rings. The van der Waals surface area contributed by atoms with Gasteiger partial charge in [-0.25, -0.2) is 4.98 Å². The first-order valence-corrected chi connectivity index (χ1v) is 12.3. The SMILES string of the molecule is CCOC(=O)[C@@H]1C(=O)N(CCc2ccccc2)c2nc3ccccc3n2[C@@H]1c1ccc(OC)c(OC)c1. The van der Waals surface area contributed by atoms with Crippen molar-refractivity contribution in [3.8, 4) is 11.5 Å². The third-order valence-electron chi connectivity index (χ3n) is 6.70. The van der Waals surface area contributed by atoms with Crippen molar-refractivity contribution < 1.29 is 23.8 Å². The lowest BCUT2D eigenvalue weighted by Gasteiger charge is -2.38. The summed E-state index contributed by atoms with van der Waals surface area (Å²) < 4.78 is 18.4. The van der Waals surface area contributed by atoms with Crippen molar-refractivity contribution in [2.45, 2.75) is 19.4 Å². The first-order chi connectivity index (χ1) is 18.1. The predicted molar refractivity (Wildman–Crippen MR) is 140 cm³/mol. The first kappa shape index (κ1) is 24.4. The molecule has 4 aromatic rings. The number of benzene rings is 3. The number of carbonyl (C=O) groups excluding carboxylic acids is 2. The van der Waals surface area contributed by atoms with Crippen molar-refractivity contribution in [2.75, 3.05) is 32.3 Å². The number of fused-ring (bicyclic) bond motifs is 3. The van der Waals surface area contributed by atoms with Crippen LogP contribution in [0.2, 0.25) is 0 Å². The van der Waals surface area contributed by atoms with Crippen molar-refractivity contribution in [1.82, 2.24) is 9.55 Å². The Morgan fingerprint density at radius 1 is 0.946 bits per heavy atom. The number of ether oxygens (including phenoxy) is 3. The fraction of sp³-hybridized carbons (Fsp3) is 0.276. The summed E-state index contributed by atoms with van der Waals surface area (Å²) in [6.07, 6.45) is 0.617. The zero-order chi connectivity index (χ0) is 25.9.